The lowest BCUT2D eigenvalue weighted by atomic mass is 10.1. The summed E-state index contributed by atoms with van der Waals surface area (Å²) in [6.45, 7) is 0. The molecule has 0 fully saturated rings. The van der Waals surface area contributed by atoms with Gasteiger partial charge in [0.25, 0.3) is 0 Å². The largest absolute Gasteiger partial charge is 0.456 e. The third kappa shape index (κ3) is 4.22. The zero-order valence-electron chi connectivity index (χ0n) is 25.7. The van der Waals surface area contributed by atoms with E-state index in [-0.39, 0.29) is 0 Å². The van der Waals surface area contributed by atoms with Gasteiger partial charge in [0.05, 0.1) is 11.0 Å². The Kier molecular flexibility index (Phi) is 5.81. The molecule has 0 atom stereocenters. The molecule has 0 bridgehead atoms. The predicted molar refractivity (Wildman–Crippen MR) is 195 cm³/mol. The van der Waals surface area contributed by atoms with Crippen LogP contribution in [-0.2, 0) is 0 Å². The van der Waals surface area contributed by atoms with Crippen LogP contribution in [0.3, 0.4) is 0 Å². The second-order valence-corrected chi connectivity index (χ2v) is 12.1. The summed E-state index contributed by atoms with van der Waals surface area (Å²) in [5.41, 5.74) is 7.74. The molecule has 0 aliphatic carbocycles. The normalized spacial score (nSPS) is 11.8. The minimum atomic E-state index is 0.593. The molecule has 0 amide bonds. The summed E-state index contributed by atoms with van der Waals surface area (Å²) in [6, 6.07) is 54.5. The first-order chi connectivity index (χ1) is 23.8. The molecular weight excluding hydrogens is 589 g/mol. The summed E-state index contributed by atoms with van der Waals surface area (Å²) in [7, 11) is 0. The Morgan fingerprint density at radius 3 is 1.71 bits per heavy atom. The standard InChI is InChI=1S/C43H26N4O/c1-3-11-27(12-4-1)41-44-42(30-19-21-34-33-17-9-10-18-37(33)47(38(34)24-30)32-15-5-2-6-16-32)46-43(45-41)31-20-22-35-36-23-28-13-7-8-14-29(28)25-40(36)48-39(35)26-31/h1-26H. The number of rotatable bonds is 4. The van der Waals surface area contributed by atoms with Gasteiger partial charge in [-0.3, -0.25) is 0 Å². The van der Waals surface area contributed by atoms with Crippen molar-refractivity contribution in [2.75, 3.05) is 0 Å². The third-order valence-corrected chi connectivity index (χ3v) is 9.21. The van der Waals surface area contributed by atoms with Gasteiger partial charge in [0.1, 0.15) is 11.2 Å². The van der Waals surface area contributed by atoms with Gasteiger partial charge in [0, 0.05) is 43.9 Å². The van der Waals surface area contributed by atoms with Crippen molar-refractivity contribution in [3.8, 4) is 39.9 Å². The molecule has 7 aromatic carbocycles. The number of aromatic nitrogens is 4. The minimum absolute atomic E-state index is 0.593. The van der Waals surface area contributed by atoms with Gasteiger partial charge < -0.3 is 8.98 Å². The van der Waals surface area contributed by atoms with E-state index in [4.69, 9.17) is 19.4 Å². The lowest BCUT2D eigenvalue weighted by molar-refractivity contribution is 0.669. The monoisotopic (exact) mass is 614 g/mol. The van der Waals surface area contributed by atoms with Crippen LogP contribution >= 0.6 is 0 Å². The molecule has 0 spiro atoms. The van der Waals surface area contributed by atoms with Crippen LogP contribution < -0.4 is 0 Å². The Labute approximate surface area is 275 Å². The number of benzene rings is 7. The van der Waals surface area contributed by atoms with Crippen LogP contribution in [0.25, 0.3) is 94.4 Å². The fourth-order valence-electron chi connectivity index (χ4n) is 6.92. The molecular formula is C43H26N4O. The molecule has 10 rings (SSSR count). The summed E-state index contributed by atoms with van der Waals surface area (Å²) in [5.74, 6) is 1.83. The van der Waals surface area contributed by atoms with E-state index in [0.29, 0.717) is 17.5 Å². The molecule has 0 N–H and O–H groups in total. The molecule has 224 valence electrons. The maximum Gasteiger partial charge on any atom is 0.164 e. The van der Waals surface area contributed by atoms with Gasteiger partial charge in [-0.05, 0) is 59.3 Å². The van der Waals surface area contributed by atoms with Crippen molar-refractivity contribution in [1.82, 2.24) is 19.5 Å². The second-order valence-electron chi connectivity index (χ2n) is 12.1. The molecule has 3 aromatic heterocycles. The zero-order chi connectivity index (χ0) is 31.6. The molecule has 0 radical (unpaired) electrons. The molecule has 0 saturated carbocycles. The number of fused-ring (bicyclic) bond motifs is 7. The van der Waals surface area contributed by atoms with Gasteiger partial charge in [-0.2, -0.15) is 0 Å². The molecule has 0 unspecified atom stereocenters. The fraction of sp³-hybridized carbons (Fsp3) is 0. The maximum absolute atomic E-state index is 6.41. The van der Waals surface area contributed by atoms with Gasteiger partial charge in [-0.1, -0.05) is 109 Å². The SMILES string of the molecule is c1ccc(-c2nc(-c3ccc4c(c3)oc3cc5ccccc5cc34)nc(-c3ccc4c5ccccc5n(-c5ccccc5)c4c3)n2)cc1. The molecule has 5 nitrogen and oxygen atoms in total. The number of nitrogens with zero attached hydrogens (tertiary/aromatic N) is 4. The van der Waals surface area contributed by atoms with Gasteiger partial charge >= 0.3 is 0 Å². The Morgan fingerprint density at radius 1 is 0.375 bits per heavy atom. The number of para-hydroxylation sites is 2. The summed E-state index contributed by atoms with van der Waals surface area (Å²) >= 11 is 0. The highest BCUT2D eigenvalue weighted by molar-refractivity contribution is 6.11. The van der Waals surface area contributed by atoms with Crippen LogP contribution in [0.1, 0.15) is 0 Å². The van der Waals surface area contributed by atoms with E-state index in [2.05, 4.69) is 120 Å². The minimum Gasteiger partial charge on any atom is -0.456 e. The van der Waals surface area contributed by atoms with Crippen LogP contribution in [0, 0.1) is 0 Å². The molecule has 5 heteroatoms. The number of hydrogen-bond donors (Lipinski definition) is 0. The highest BCUT2D eigenvalue weighted by atomic mass is 16.3. The van der Waals surface area contributed by atoms with E-state index < -0.39 is 0 Å². The summed E-state index contributed by atoms with van der Waals surface area (Å²) < 4.78 is 8.72. The maximum atomic E-state index is 6.41. The van der Waals surface area contributed by atoms with Crippen molar-refractivity contribution in [3.05, 3.63) is 158 Å². The van der Waals surface area contributed by atoms with Gasteiger partial charge in [0.2, 0.25) is 0 Å². The van der Waals surface area contributed by atoms with E-state index >= 15 is 0 Å². The summed E-state index contributed by atoms with van der Waals surface area (Å²) in [6.07, 6.45) is 0. The first-order valence-electron chi connectivity index (χ1n) is 16.0. The average molecular weight is 615 g/mol. The molecule has 0 aliphatic rings. The lowest BCUT2D eigenvalue weighted by Crippen LogP contribution is -2.00. The van der Waals surface area contributed by atoms with E-state index in [1.807, 2.05) is 42.5 Å². The van der Waals surface area contributed by atoms with Crippen LogP contribution in [0.5, 0.6) is 0 Å². The quantitative estimate of drug-likeness (QED) is 0.198. The van der Waals surface area contributed by atoms with Crippen molar-refractivity contribution in [1.29, 1.82) is 0 Å². The Balaban J connectivity index is 1.18. The van der Waals surface area contributed by atoms with Crippen molar-refractivity contribution in [2.45, 2.75) is 0 Å². The molecule has 0 aliphatic heterocycles. The first kappa shape index (κ1) is 26.6. The van der Waals surface area contributed by atoms with E-state index in [0.717, 1.165) is 60.7 Å². The summed E-state index contributed by atoms with van der Waals surface area (Å²) in [5, 5.41) is 6.89. The third-order valence-electron chi connectivity index (χ3n) is 9.21. The number of hydrogen-bond acceptors (Lipinski definition) is 4. The second kappa shape index (κ2) is 10.5. The summed E-state index contributed by atoms with van der Waals surface area (Å²) in [4.78, 5) is 15.1. The predicted octanol–water partition coefficient (Wildman–Crippen LogP) is 11.0. The highest BCUT2D eigenvalue weighted by Gasteiger charge is 2.17. The van der Waals surface area contributed by atoms with Crippen molar-refractivity contribution >= 4 is 54.5 Å². The Morgan fingerprint density at radius 2 is 0.938 bits per heavy atom. The topological polar surface area (TPSA) is 56.7 Å². The van der Waals surface area contributed by atoms with E-state index in [1.54, 1.807) is 0 Å². The van der Waals surface area contributed by atoms with Crippen molar-refractivity contribution in [3.63, 3.8) is 0 Å². The molecule has 0 saturated heterocycles. The lowest BCUT2D eigenvalue weighted by Gasteiger charge is -2.10. The highest BCUT2D eigenvalue weighted by Crippen LogP contribution is 2.37. The first-order valence-corrected chi connectivity index (χ1v) is 16.0. The average Bonchev–Trinajstić information content (AvgIpc) is 3.68. The van der Waals surface area contributed by atoms with E-state index in [9.17, 15) is 0 Å². The Hall–Kier alpha value is -6.59. The van der Waals surface area contributed by atoms with Gasteiger partial charge in [-0.25, -0.2) is 15.0 Å². The van der Waals surface area contributed by atoms with Crippen LogP contribution in [0.4, 0.5) is 0 Å². The van der Waals surface area contributed by atoms with Crippen molar-refractivity contribution in [2.24, 2.45) is 0 Å². The van der Waals surface area contributed by atoms with Gasteiger partial charge in [0.15, 0.2) is 17.5 Å². The fourth-order valence-corrected chi connectivity index (χ4v) is 6.92. The van der Waals surface area contributed by atoms with E-state index in [1.165, 1.54) is 16.2 Å². The molecule has 3 heterocycles. The Bertz CT molecular complexity index is 2830. The molecule has 10 aromatic rings. The van der Waals surface area contributed by atoms with Gasteiger partial charge in [-0.15, -0.1) is 0 Å². The van der Waals surface area contributed by atoms with Crippen LogP contribution in [-0.4, -0.2) is 19.5 Å². The molecule has 48 heavy (non-hydrogen) atoms. The van der Waals surface area contributed by atoms with Crippen LogP contribution in [0.15, 0.2) is 162 Å². The zero-order valence-corrected chi connectivity index (χ0v) is 25.7. The smallest absolute Gasteiger partial charge is 0.164 e. The van der Waals surface area contributed by atoms with Crippen molar-refractivity contribution < 1.29 is 4.42 Å². The number of furan rings is 1. The van der Waals surface area contributed by atoms with Crippen LogP contribution in [0.2, 0.25) is 0 Å².